The zero-order chi connectivity index (χ0) is 11.4. The first kappa shape index (κ1) is 12.2. The summed E-state index contributed by atoms with van der Waals surface area (Å²) in [5, 5.41) is 3.34. The zero-order valence-electron chi connectivity index (χ0n) is 10.1. The van der Waals surface area contributed by atoms with Gasteiger partial charge in [-0.3, -0.25) is 10.1 Å². The molecule has 3 nitrogen and oxygen atoms in total. The molecule has 2 rings (SSSR count). The van der Waals surface area contributed by atoms with Crippen LogP contribution in [0.5, 0.6) is 0 Å². The summed E-state index contributed by atoms with van der Waals surface area (Å²) in [7, 11) is 0. The van der Waals surface area contributed by atoms with Crippen molar-refractivity contribution in [3.8, 4) is 0 Å². The topological polar surface area (TPSA) is 32.3 Å². The lowest BCUT2D eigenvalue weighted by Gasteiger charge is -2.14. The Kier molecular flexibility index (Phi) is 4.14. The maximum Gasteiger partial charge on any atom is 0.243 e. The number of nitrogens with zero attached hydrogens (tertiary/aromatic N) is 1. The minimum Gasteiger partial charge on any atom is -0.328 e. The molecule has 0 aromatic carbocycles. The SMILES string of the molecule is CSCCCCCCN1CNC2(CC2)C1=O. The van der Waals surface area contributed by atoms with Crippen LogP contribution in [0.3, 0.4) is 0 Å². The molecular formula is C12H22N2OS. The summed E-state index contributed by atoms with van der Waals surface area (Å²) in [5.74, 6) is 1.63. The maximum absolute atomic E-state index is 11.9. The van der Waals surface area contributed by atoms with E-state index in [9.17, 15) is 4.79 Å². The summed E-state index contributed by atoms with van der Waals surface area (Å²) < 4.78 is 0. The third-order valence-electron chi connectivity index (χ3n) is 3.58. The third-order valence-corrected chi connectivity index (χ3v) is 4.28. The van der Waals surface area contributed by atoms with Crippen molar-refractivity contribution >= 4 is 17.7 Å². The largest absolute Gasteiger partial charge is 0.328 e. The van der Waals surface area contributed by atoms with Crippen molar-refractivity contribution in [3.63, 3.8) is 0 Å². The molecule has 1 spiro atoms. The fraction of sp³-hybridized carbons (Fsp3) is 0.917. The van der Waals surface area contributed by atoms with Gasteiger partial charge < -0.3 is 4.90 Å². The number of hydrogen-bond donors (Lipinski definition) is 1. The number of carbonyl (C=O) groups is 1. The van der Waals surface area contributed by atoms with Crippen molar-refractivity contribution in [2.45, 2.75) is 44.1 Å². The number of hydrogen-bond acceptors (Lipinski definition) is 3. The minimum atomic E-state index is -0.0984. The van der Waals surface area contributed by atoms with Gasteiger partial charge in [0.2, 0.25) is 5.91 Å². The molecule has 1 heterocycles. The molecule has 0 atom stereocenters. The van der Waals surface area contributed by atoms with E-state index in [1.165, 1.54) is 25.0 Å². The number of carbonyl (C=O) groups excluding carboxylic acids is 1. The standard InChI is InChI=1S/C12H22N2OS/c1-16-9-5-3-2-4-8-14-10-13-12(6-7-12)11(14)15/h13H,2-10H2,1H3. The van der Waals surface area contributed by atoms with E-state index < -0.39 is 0 Å². The van der Waals surface area contributed by atoms with E-state index in [2.05, 4.69) is 11.6 Å². The lowest BCUT2D eigenvalue weighted by atomic mass is 10.2. The molecule has 4 heteroatoms. The van der Waals surface area contributed by atoms with Crippen LogP contribution in [-0.4, -0.2) is 41.6 Å². The lowest BCUT2D eigenvalue weighted by molar-refractivity contribution is -0.129. The number of nitrogens with one attached hydrogen (secondary N) is 1. The number of thioether (sulfide) groups is 1. The summed E-state index contributed by atoms with van der Waals surface area (Å²) >= 11 is 1.92. The summed E-state index contributed by atoms with van der Waals surface area (Å²) in [5.41, 5.74) is -0.0984. The quantitative estimate of drug-likeness (QED) is 0.691. The van der Waals surface area contributed by atoms with Gasteiger partial charge in [-0.1, -0.05) is 12.8 Å². The van der Waals surface area contributed by atoms with E-state index in [-0.39, 0.29) is 5.54 Å². The molecule has 0 unspecified atom stereocenters. The van der Waals surface area contributed by atoms with E-state index in [0.717, 1.165) is 32.5 Å². The van der Waals surface area contributed by atoms with Crippen molar-refractivity contribution in [1.82, 2.24) is 10.2 Å². The Hall–Kier alpha value is -0.220. The third kappa shape index (κ3) is 2.72. The summed E-state index contributed by atoms with van der Waals surface area (Å²) in [6.07, 6.45) is 9.31. The van der Waals surface area contributed by atoms with E-state index in [1.54, 1.807) is 0 Å². The van der Waals surface area contributed by atoms with Crippen LogP contribution in [0.1, 0.15) is 38.5 Å². The molecule has 1 amide bonds. The van der Waals surface area contributed by atoms with E-state index in [1.807, 2.05) is 16.7 Å². The highest BCUT2D eigenvalue weighted by Crippen LogP contribution is 2.40. The second-order valence-electron chi connectivity index (χ2n) is 4.89. The van der Waals surface area contributed by atoms with Gasteiger partial charge in [-0.25, -0.2) is 0 Å². The van der Waals surface area contributed by atoms with Gasteiger partial charge in [-0.2, -0.15) is 11.8 Å². The van der Waals surface area contributed by atoms with E-state index in [4.69, 9.17) is 0 Å². The smallest absolute Gasteiger partial charge is 0.243 e. The van der Waals surface area contributed by atoms with Gasteiger partial charge in [0.25, 0.3) is 0 Å². The summed E-state index contributed by atoms with van der Waals surface area (Å²) in [4.78, 5) is 13.9. The van der Waals surface area contributed by atoms with Crippen molar-refractivity contribution < 1.29 is 4.79 Å². The van der Waals surface area contributed by atoms with Gasteiger partial charge in [0.15, 0.2) is 0 Å². The van der Waals surface area contributed by atoms with Crippen LogP contribution in [0.4, 0.5) is 0 Å². The predicted molar refractivity (Wildman–Crippen MR) is 68.5 cm³/mol. The van der Waals surface area contributed by atoms with Gasteiger partial charge in [-0.15, -0.1) is 0 Å². The molecule has 0 bridgehead atoms. The second kappa shape index (κ2) is 5.41. The fourth-order valence-electron chi connectivity index (χ4n) is 2.30. The van der Waals surface area contributed by atoms with Gasteiger partial charge in [0.1, 0.15) is 0 Å². The fourth-order valence-corrected chi connectivity index (χ4v) is 2.79. The monoisotopic (exact) mass is 242 g/mol. The molecule has 0 aromatic rings. The predicted octanol–water partition coefficient (Wildman–Crippen LogP) is 1.83. The van der Waals surface area contributed by atoms with Gasteiger partial charge in [-0.05, 0) is 37.7 Å². The average Bonchev–Trinajstić information content (AvgIpc) is 3.01. The minimum absolute atomic E-state index is 0.0984. The van der Waals surface area contributed by atoms with E-state index >= 15 is 0 Å². The van der Waals surface area contributed by atoms with Gasteiger partial charge in [0.05, 0.1) is 12.2 Å². The molecule has 1 aliphatic heterocycles. The second-order valence-corrected chi connectivity index (χ2v) is 5.88. The molecule has 2 fully saturated rings. The first-order valence-electron chi connectivity index (χ1n) is 6.32. The van der Waals surface area contributed by atoms with Crippen LogP contribution >= 0.6 is 11.8 Å². The van der Waals surface area contributed by atoms with Crippen molar-refractivity contribution in [2.24, 2.45) is 0 Å². The van der Waals surface area contributed by atoms with Crippen molar-refractivity contribution in [2.75, 3.05) is 25.2 Å². The Morgan fingerprint density at radius 3 is 2.69 bits per heavy atom. The molecule has 1 saturated carbocycles. The van der Waals surface area contributed by atoms with Crippen molar-refractivity contribution in [1.29, 1.82) is 0 Å². The Bertz CT molecular complexity index is 253. The van der Waals surface area contributed by atoms with Gasteiger partial charge >= 0.3 is 0 Å². The van der Waals surface area contributed by atoms with Crippen LogP contribution in [0.2, 0.25) is 0 Å². The highest BCUT2D eigenvalue weighted by Gasteiger charge is 2.55. The van der Waals surface area contributed by atoms with Crippen molar-refractivity contribution in [3.05, 3.63) is 0 Å². The molecule has 0 radical (unpaired) electrons. The Morgan fingerprint density at radius 2 is 2.06 bits per heavy atom. The first-order chi connectivity index (χ1) is 7.78. The first-order valence-corrected chi connectivity index (χ1v) is 7.71. The van der Waals surface area contributed by atoms with Gasteiger partial charge in [0, 0.05) is 6.54 Å². The molecule has 1 aliphatic carbocycles. The van der Waals surface area contributed by atoms with Crippen LogP contribution in [0.15, 0.2) is 0 Å². The molecule has 16 heavy (non-hydrogen) atoms. The number of amides is 1. The van der Waals surface area contributed by atoms with Crippen LogP contribution in [-0.2, 0) is 4.79 Å². The summed E-state index contributed by atoms with van der Waals surface area (Å²) in [6, 6.07) is 0. The number of rotatable bonds is 7. The molecule has 92 valence electrons. The lowest BCUT2D eigenvalue weighted by Crippen LogP contribution is -2.32. The Morgan fingerprint density at radius 1 is 1.31 bits per heavy atom. The molecule has 2 aliphatic rings. The molecule has 0 aromatic heterocycles. The molecular weight excluding hydrogens is 220 g/mol. The molecule has 1 N–H and O–H groups in total. The Balaban J connectivity index is 1.55. The molecule has 1 saturated heterocycles. The van der Waals surface area contributed by atoms with Crippen LogP contribution in [0, 0.1) is 0 Å². The van der Waals surface area contributed by atoms with Crippen LogP contribution in [0.25, 0.3) is 0 Å². The highest BCUT2D eigenvalue weighted by molar-refractivity contribution is 7.98. The summed E-state index contributed by atoms with van der Waals surface area (Å²) in [6.45, 7) is 1.73. The van der Waals surface area contributed by atoms with E-state index in [0.29, 0.717) is 5.91 Å². The maximum atomic E-state index is 11.9. The average molecular weight is 242 g/mol. The normalized spacial score (nSPS) is 22.1. The Labute approximate surface area is 102 Å². The highest BCUT2D eigenvalue weighted by atomic mass is 32.2. The zero-order valence-corrected chi connectivity index (χ0v) is 10.9. The van der Waals surface area contributed by atoms with Crippen LogP contribution < -0.4 is 5.32 Å². The number of unbranched alkanes of at least 4 members (excludes halogenated alkanes) is 3.